The molecule has 0 fully saturated rings. The summed E-state index contributed by atoms with van der Waals surface area (Å²) in [6.07, 6.45) is 1.45. The number of nitrogens with one attached hydrogen (secondary N) is 2. The molecule has 0 aliphatic rings. The van der Waals surface area contributed by atoms with E-state index in [4.69, 9.17) is 0 Å². The third-order valence-electron chi connectivity index (χ3n) is 3.24. The number of rotatable bonds is 7. The fourth-order valence-corrected chi connectivity index (χ4v) is 2.64. The van der Waals surface area contributed by atoms with Crippen LogP contribution in [-0.2, 0) is 10.0 Å². The molecule has 5 nitrogen and oxygen atoms in total. The first kappa shape index (κ1) is 17.0. The standard InChI is InChI=1S/C17H20N2O3S/c1-13-3-7-15(8-4-13)18-12-11-17(20)14-5-9-16(10-6-14)19-23(2,21)22/h3-10,18-19H,11-12H2,1-2H3. The average molecular weight is 332 g/mol. The maximum Gasteiger partial charge on any atom is 0.229 e. The number of carbonyl (C=O) groups excluding carboxylic acids is 1. The topological polar surface area (TPSA) is 75.3 Å². The first-order valence-electron chi connectivity index (χ1n) is 7.25. The minimum atomic E-state index is -3.30. The van der Waals surface area contributed by atoms with Crippen molar-refractivity contribution in [2.24, 2.45) is 0 Å². The minimum absolute atomic E-state index is 0.00974. The van der Waals surface area contributed by atoms with E-state index >= 15 is 0 Å². The Balaban J connectivity index is 1.87. The fraction of sp³-hybridized carbons (Fsp3) is 0.235. The molecule has 23 heavy (non-hydrogen) atoms. The molecule has 0 unspecified atom stereocenters. The van der Waals surface area contributed by atoms with Gasteiger partial charge in [-0.25, -0.2) is 8.42 Å². The van der Waals surface area contributed by atoms with Gasteiger partial charge in [-0.2, -0.15) is 0 Å². The summed E-state index contributed by atoms with van der Waals surface area (Å²) in [6.45, 7) is 2.57. The van der Waals surface area contributed by atoms with Crippen molar-refractivity contribution in [2.75, 3.05) is 22.8 Å². The lowest BCUT2D eigenvalue weighted by atomic mass is 10.1. The van der Waals surface area contributed by atoms with Gasteiger partial charge >= 0.3 is 0 Å². The van der Waals surface area contributed by atoms with Gasteiger partial charge in [0.1, 0.15) is 0 Å². The highest BCUT2D eigenvalue weighted by Crippen LogP contribution is 2.13. The van der Waals surface area contributed by atoms with Crippen LogP contribution in [0, 0.1) is 6.92 Å². The number of benzene rings is 2. The van der Waals surface area contributed by atoms with Crippen LogP contribution in [0.5, 0.6) is 0 Å². The second-order valence-electron chi connectivity index (χ2n) is 5.42. The van der Waals surface area contributed by atoms with Gasteiger partial charge in [-0.15, -0.1) is 0 Å². The number of hydrogen-bond donors (Lipinski definition) is 2. The highest BCUT2D eigenvalue weighted by atomic mass is 32.2. The number of hydrogen-bond acceptors (Lipinski definition) is 4. The monoisotopic (exact) mass is 332 g/mol. The smallest absolute Gasteiger partial charge is 0.229 e. The van der Waals surface area contributed by atoms with E-state index in [1.165, 1.54) is 5.56 Å². The lowest BCUT2D eigenvalue weighted by Crippen LogP contribution is -2.11. The molecule has 0 aliphatic heterocycles. The van der Waals surface area contributed by atoms with Crippen LogP contribution < -0.4 is 10.0 Å². The molecular formula is C17H20N2O3S. The van der Waals surface area contributed by atoms with E-state index in [-0.39, 0.29) is 5.78 Å². The largest absolute Gasteiger partial charge is 0.385 e. The molecule has 0 amide bonds. The molecule has 0 radical (unpaired) electrons. The van der Waals surface area contributed by atoms with Gasteiger partial charge in [-0.3, -0.25) is 9.52 Å². The molecule has 0 heterocycles. The zero-order chi connectivity index (χ0) is 16.9. The van der Waals surface area contributed by atoms with Gasteiger partial charge in [0.15, 0.2) is 5.78 Å². The summed E-state index contributed by atoms with van der Waals surface area (Å²) < 4.78 is 24.6. The second kappa shape index (κ2) is 7.28. The minimum Gasteiger partial charge on any atom is -0.385 e. The molecule has 0 saturated heterocycles. The van der Waals surface area contributed by atoms with Crippen molar-refractivity contribution < 1.29 is 13.2 Å². The van der Waals surface area contributed by atoms with Crippen molar-refractivity contribution in [1.29, 1.82) is 0 Å². The Kier molecular flexibility index (Phi) is 5.39. The van der Waals surface area contributed by atoms with Gasteiger partial charge in [-0.05, 0) is 43.3 Å². The number of sulfonamides is 1. The highest BCUT2D eigenvalue weighted by molar-refractivity contribution is 7.92. The van der Waals surface area contributed by atoms with Crippen molar-refractivity contribution in [3.63, 3.8) is 0 Å². The first-order chi connectivity index (χ1) is 10.8. The zero-order valence-corrected chi connectivity index (χ0v) is 14.0. The van der Waals surface area contributed by atoms with E-state index in [0.717, 1.165) is 11.9 Å². The number of anilines is 2. The van der Waals surface area contributed by atoms with Gasteiger partial charge < -0.3 is 5.32 Å². The van der Waals surface area contributed by atoms with Gasteiger partial charge in [0.2, 0.25) is 10.0 Å². The summed E-state index contributed by atoms with van der Waals surface area (Å²) in [4.78, 5) is 12.1. The van der Waals surface area contributed by atoms with E-state index in [2.05, 4.69) is 10.0 Å². The summed E-state index contributed by atoms with van der Waals surface area (Å²) in [7, 11) is -3.30. The summed E-state index contributed by atoms with van der Waals surface area (Å²) >= 11 is 0. The van der Waals surface area contributed by atoms with Gasteiger partial charge in [0.05, 0.1) is 6.26 Å². The molecule has 2 rings (SSSR count). The number of aryl methyl sites for hydroxylation is 1. The van der Waals surface area contributed by atoms with Crippen molar-refractivity contribution in [3.8, 4) is 0 Å². The van der Waals surface area contributed by atoms with Crippen molar-refractivity contribution in [3.05, 3.63) is 59.7 Å². The van der Waals surface area contributed by atoms with Crippen LogP contribution in [0.15, 0.2) is 48.5 Å². The molecule has 0 aliphatic carbocycles. The van der Waals surface area contributed by atoms with Crippen LogP contribution in [-0.4, -0.2) is 27.0 Å². The molecule has 0 aromatic heterocycles. The van der Waals surface area contributed by atoms with Crippen molar-refractivity contribution >= 4 is 27.2 Å². The SMILES string of the molecule is Cc1ccc(NCCC(=O)c2ccc(NS(C)(=O)=O)cc2)cc1. The molecular weight excluding hydrogens is 312 g/mol. The summed E-state index contributed by atoms with van der Waals surface area (Å²) in [5.74, 6) is 0.00974. The van der Waals surface area contributed by atoms with Crippen LogP contribution >= 0.6 is 0 Å². The quantitative estimate of drug-likeness (QED) is 0.764. The molecule has 2 N–H and O–H groups in total. The molecule has 2 aromatic carbocycles. The molecule has 0 bridgehead atoms. The van der Waals surface area contributed by atoms with E-state index in [1.54, 1.807) is 24.3 Å². The van der Waals surface area contributed by atoms with Crippen LogP contribution in [0.1, 0.15) is 22.3 Å². The Bertz CT molecular complexity index is 766. The van der Waals surface area contributed by atoms with E-state index in [1.807, 2.05) is 31.2 Å². The van der Waals surface area contributed by atoms with Gasteiger partial charge in [-0.1, -0.05) is 17.7 Å². The fourth-order valence-electron chi connectivity index (χ4n) is 2.07. The van der Waals surface area contributed by atoms with Crippen LogP contribution in [0.3, 0.4) is 0 Å². The lowest BCUT2D eigenvalue weighted by Gasteiger charge is -2.07. The van der Waals surface area contributed by atoms with Gasteiger partial charge in [0, 0.05) is 29.9 Å². The first-order valence-corrected chi connectivity index (χ1v) is 9.14. The lowest BCUT2D eigenvalue weighted by molar-refractivity contribution is 0.0986. The maximum atomic E-state index is 12.1. The molecule has 0 saturated carbocycles. The molecule has 6 heteroatoms. The third kappa shape index (κ3) is 5.75. The highest BCUT2D eigenvalue weighted by Gasteiger charge is 2.07. The third-order valence-corrected chi connectivity index (χ3v) is 3.85. The Labute approximate surface area is 136 Å². The van der Waals surface area contributed by atoms with E-state index in [9.17, 15) is 13.2 Å². The maximum absolute atomic E-state index is 12.1. The summed E-state index contributed by atoms with van der Waals surface area (Å²) in [6, 6.07) is 14.4. The average Bonchev–Trinajstić information content (AvgIpc) is 2.48. The second-order valence-corrected chi connectivity index (χ2v) is 7.17. The van der Waals surface area contributed by atoms with E-state index in [0.29, 0.717) is 24.2 Å². The predicted octanol–water partition coefficient (Wildman–Crippen LogP) is 3.05. The summed E-state index contributed by atoms with van der Waals surface area (Å²) in [5.41, 5.74) is 3.18. The number of Topliss-reactive ketones (excluding diaryl/α,β-unsaturated/α-hetero) is 1. The summed E-state index contributed by atoms with van der Waals surface area (Å²) in [5, 5.41) is 3.20. The molecule has 0 atom stereocenters. The predicted molar refractivity (Wildman–Crippen MR) is 93.5 cm³/mol. The normalized spacial score (nSPS) is 11.0. The Morgan fingerprint density at radius 2 is 1.52 bits per heavy atom. The zero-order valence-electron chi connectivity index (χ0n) is 13.2. The Morgan fingerprint density at radius 3 is 2.09 bits per heavy atom. The Morgan fingerprint density at radius 1 is 0.957 bits per heavy atom. The van der Waals surface area contributed by atoms with E-state index < -0.39 is 10.0 Å². The van der Waals surface area contributed by atoms with Crippen LogP contribution in [0.25, 0.3) is 0 Å². The number of carbonyl (C=O) groups is 1. The van der Waals surface area contributed by atoms with Crippen LogP contribution in [0.2, 0.25) is 0 Å². The van der Waals surface area contributed by atoms with Crippen LogP contribution in [0.4, 0.5) is 11.4 Å². The molecule has 122 valence electrons. The van der Waals surface area contributed by atoms with Gasteiger partial charge in [0.25, 0.3) is 0 Å². The molecule has 0 spiro atoms. The Hall–Kier alpha value is -2.34. The van der Waals surface area contributed by atoms with Crippen molar-refractivity contribution in [2.45, 2.75) is 13.3 Å². The number of ketones is 1. The molecule has 2 aromatic rings. The van der Waals surface area contributed by atoms with Crippen molar-refractivity contribution in [1.82, 2.24) is 0 Å².